The quantitative estimate of drug-likeness (QED) is 0.434. The van der Waals surface area contributed by atoms with E-state index >= 15 is 0 Å². The summed E-state index contributed by atoms with van der Waals surface area (Å²) in [6, 6.07) is -0.394. The van der Waals surface area contributed by atoms with Gasteiger partial charge in [-0.15, -0.1) is 0 Å². The molecule has 9 heavy (non-hydrogen) atoms. The minimum atomic E-state index is -0.775. The van der Waals surface area contributed by atoms with E-state index in [1.807, 2.05) is 0 Å². The Hall–Kier alpha value is 1.24. The van der Waals surface area contributed by atoms with Crippen LogP contribution in [0.1, 0.15) is 6.42 Å². The van der Waals surface area contributed by atoms with Gasteiger partial charge in [0.25, 0.3) is 5.97 Å². The van der Waals surface area contributed by atoms with Crippen LogP contribution in [0.3, 0.4) is 0 Å². The Balaban J connectivity index is 0.000000640. The Morgan fingerprint density at radius 1 is 1.78 bits per heavy atom. The van der Waals surface area contributed by atoms with Crippen molar-refractivity contribution < 1.29 is 68.1 Å². The molecule has 1 heterocycles. The zero-order chi connectivity index (χ0) is 5.98. The fraction of sp³-hybridized carbons (Fsp3) is 0.600. The molecular weight excluding hydrogens is 192 g/mol. The first-order valence-corrected chi connectivity index (χ1v) is 2.60. The van der Waals surface area contributed by atoms with Crippen LogP contribution in [0.25, 0.3) is 0 Å². The van der Waals surface area contributed by atoms with Gasteiger partial charge in [-0.3, -0.25) is 11.2 Å². The molecule has 1 aliphatic rings. The zero-order valence-electron chi connectivity index (χ0n) is 5.42. The molecule has 1 aliphatic heterocycles. The van der Waals surface area contributed by atoms with E-state index in [1.54, 1.807) is 6.42 Å². The molecule has 1 unspecified atom stereocenters. The number of carboxylic acids is 1. The fourth-order valence-corrected chi connectivity index (χ4v) is 0.760. The number of hydrogen-bond acceptors (Lipinski definition) is 2. The van der Waals surface area contributed by atoms with Crippen LogP contribution in [0.2, 0.25) is 0 Å². The Morgan fingerprint density at radius 2 is 2.44 bits per heavy atom. The van der Waals surface area contributed by atoms with Crippen LogP contribution in [0, 0.1) is 6.42 Å². The molecule has 0 amide bonds. The van der Waals surface area contributed by atoms with Gasteiger partial charge in [0.05, 0.1) is 0 Å². The maximum atomic E-state index is 10.1. The summed E-state index contributed by atoms with van der Waals surface area (Å²) in [6.07, 6.45) is 2.64. The number of hydrogen-bond donors (Lipinski definition) is 2. The summed E-state index contributed by atoms with van der Waals surface area (Å²) >= 11 is 0. The van der Waals surface area contributed by atoms with Crippen LogP contribution in [0.5, 0.6) is 0 Å². The number of rotatable bonds is 1. The van der Waals surface area contributed by atoms with Gasteiger partial charge in [0.15, 0.2) is 0 Å². The molecule has 0 aliphatic carbocycles. The van der Waals surface area contributed by atoms with Gasteiger partial charge in [0.1, 0.15) is 0 Å². The molecule has 0 saturated carbocycles. The topological polar surface area (TPSA) is 49.3 Å². The molecule has 1 fully saturated rings. The van der Waals surface area contributed by atoms with Crippen molar-refractivity contribution in [3.63, 3.8) is 0 Å². The minimum Gasteiger partial charge on any atom is -0.482 e. The smallest absolute Gasteiger partial charge is 0.482 e. The molecule has 0 aromatic rings. The van der Waals surface area contributed by atoms with Crippen LogP contribution < -0.4 is 63.5 Å². The molecule has 0 bridgehead atoms. The second kappa shape index (κ2) is 4.96. The molecule has 1 saturated heterocycles. The van der Waals surface area contributed by atoms with Crippen molar-refractivity contribution in [3.8, 4) is 0 Å². The van der Waals surface area contributed by atoms with Gasteiger partial charge in [-0.1, -0.05) is 0 Å². The Labute approximate surface area is 103 Å². The van der Waals surface area contributed by atoms with Crippen LogP contribution in [0.4, 0.5) is 0 Å². The maximum absolute atomic E-state index is 10.1. The summed E-state index contributed by atoms with van der Waals surface area (Å²) in [5, 5.41) is 11.1. The van der Waals surface area contributed by atoms with Crippen LogP contribution in [0.15, 0.2) is 0 Å². The second-order valence-corrected chi connectivity index (χ2v) is 1.79. The summed E-state index contributed by atoms with van der Waals surface area (Å²) < 4.78 is 0. The van der Waals surface area contributed by atoms with Gasteiger partial charge in [0.2, 0.25) is 0 Å². The molecule has 1 rings (SSSR count). The third-order valence-corrected chi connectivity index (χ3v) is 1.18. The molecule has 1 atom stereocenters. The van der Waals surface area contributed by atoms with E-state index in [9.17, 15) is 4.79 Å². The largest absolute Gasteiger partial charge is 1.00 e. The van der Waals surface area contributed by atoms with Crippen molar-refractivity contribution in [2.45, 2.75) is 12.5 Å². The van der Waals surface area contributed by atoms with Crippen molar-refractivity contribution >= 4 is 5.97 Å². The van der Waals surface area contributed by atoms with Crippen molar-refractivity contribution in [1.29, 1.82) is 0 Å². The van der Waals surface area contributed by atoms with Crippen molar-refractivity contribution in [1.82, 2.24) is 5.32 Å². The van der Waals surface area contributed by atoms with E-state index in [0.717, 1.165) is 13.0 Å². The molecular formula is C5H8NO2Rb. The molecule has 0 aromatic heterocycles. The van der Waals surface area contributed by atoms with Gasteiger partial charge in [-0.05, 0) is 12.6 Å². The summed E-state index contributed by atoms with van der Waals surface area (Å²) in [5.41, 5.74) is 0. The third kappa shape index (κ3) is 3.23. The van der Waals surface area contributed by atoms with Gasteiger partial charge in [-0.25, -0.2) is 0 Å². The van der Waals surface area contributed by atoms with Crippen molar-refractivity contribution in [2.75, 3.05) is 6.54 Å². The molecule has 46 valence electrons. The Kier molecular flexibility index (Phi) is 5.64. The number of aliphatic carboxylic acids is 1. The molecule has 4 heteroatoms. The van der Waals surface area contributed by atoms with Crippen molar-refractivity contribution in [2.24, 2.45) is 0 Å². The predicted octanol–water partition coefficient (Wildman–Crippen LogP) is -3.36. The minimum absolute atomic E-state index is 0. The monoisotopic (exact) mass is 199 g/mol. The number of carbonyl (C=O) groups is 1. The van der Waals surface area contributed by atoms with Crippen LogP contribution in [-0.4, -0.2) is 23.7 Å². The van der Waals surface area contributed by atoms with Gasteiger partial charge < -0.3 is 10.4 Å². The normalized spacial score (nSPS) is 25.1. The van der Waals surface area contributed by atoms with Crippen LogP contribution >= 0.6 is 0 Å². The van der Waals surface area contributed by atoms with Crippen molar-refractivity contribution in [3.05, 3.63) is 6.42 Å². The summed E-state index contributed by atoms with van der Waals surface area (Å²) in [4.78, 5) is 10.1. The van der Waals surface area contributed by atoms with E-state index in [1.165, 1.54) is 0 Å². The SMILES string of the molecule is O=C(O)C1[CH-]CCN1.[Rb+]. The van der Waals surface area contributed by atoms with Gasteiger partial charge >= 0.3 is 58.2 Å². The second-order valence-electron chi connectivity index (χ2n) is 1.79. The fourth-order valence-electron chi connectivity index (χ4n) is 0.760. The number of nitrogens with one attached hydrogen (secondary N) is 1. The molecule has 2 N–H and O–H groups in total. The maximum Gasteiger partial charge on any atom is 1.00 e. The average molecular weight is 200 g/mol. The first kappa shape index (κ1) is 10.2. The summed E-state index contributed by atoms with van der Waals surface area (Å²) in [7, 11) is 0. The Bertz CT molecular complexity index is 101. The van der Waals surface area contributed by atoms with E-state index in [2.05, 4.69) is 5.32 Å². The Morgan fingerprint density at radius 3 is 2.67 bits per heavy atom. The van der Waals surface area contributed by atoms with Gasteiger partial charge in [-0.2, -0.15) is 6.42 Å². The zero-order valence-corrected chi connectivity index (χ0v) is 10.3. The van der Waals surface area contributed by atoms with Crippen LogP contribution in [-0.2, 0) is 4.79 Å². The molecule has 0 spiro atoms. The molecule has 0 aromatic carbocycles. The summed E-state index contributed by atoms with van der Waals surface area (Å²) in [6.45, 7) is 0.803. The van der Waals surface area contributed by atoms with E-state index in [4.69, 9.17) is 5.11 Å². The van der Waals surface area contributed by atoms with E-state index < -0.39 is 12.0 Å². The summed E-state index contributed by atoms with van der Waals surface area (Å²) in [5.74, 6) is -0.775. The third-order valence-electron chi connectivity index (χ3n) is 1.18. The van der Waals surface area contributed by atoms with E-state index in [-0.39, 0.29) is 58.2 Å². The average Bonchev–Trinajstić information content (AvgIpc) is 2.12. The van der Waals surface area contributed by atoms with E-state index in [0.29, 0.717) is 0 Å². The van der Waals surface area contributed by atoms with Gasteiger partial charge in [0, 0.05) is 0 Å². The number of carboxylic acid groups (broad SMARTS) is 1. The molecule has 0 radical (unpaired) electrons. The first-order valence-electron chi connectivity index (χ1n) is 2.60. The predicted molar refractivity (Wildman–Crippen MR) is 28.3 cm³/mol. The standard InChI is InChI=1S/C5H8NO2.Rb/c7-5(8)4-2-1-3-6-4;/h2,4,6H,1,3H2,(H,7,8);/q-1;+1. The molecule has 3 nitrogen and oxygen atoms in total. The first-order chi connectivity index (χ1) is 3.80.